The first kappa shape index (κ1) is 30.5. The highest BCUT2D eigenvalue weighted by molar-refractivity contribution is 6.32. The Morgan fingerprint density at radius 1 is 0.447 bits per heavy atom. The Bertz CT molecular complexity index is 1130. The molecule has 0 atom stereocenters. The highest BCUT2D eigenvalue weighted by Crippen LogP contribution is 2.35. The van der Waals surface area contributed by atoms with Crippen molar-refractivity contribution >= 4 is 11.6 Å². The molecule has 0 saturated carbocycles. The van der Waals surface area contributed by atoms with Crippen molar-refractivity contribution in [2.45, 2.75) is 125 Å². The topological polar surface area (TPSA) is 0 Å². The van der Waals surface area contributed by atoms with Crippen LogP contribution in [0, 0.1) is 6.92 Å². The van der Waals surface area contributed by atoms with E-state index in [2.05, 4.69) is 139 Å². The van der Waals surface area contributed by atoms with Crippen LogP contribution in [-0.4, -0.2) is 0 Å². The number of hydrogen-bond donors (Lipinski definition) is 0. The molecular weight excluding hydrogens is 480 g/mol. The van der Waals surface area contributed by atoms with Gasteiger partial charge < -0.3 is 0 Å². The number of benzene rings is 3. The second-order valence-electron chi connectivity index (χ2n) is 15.6. The Morgan fingerprint density at radius 3 is 0.947 bits per heavy atom. The monoisotopic (exact) mass is 530 g/mol. The smallest absolute Gasteiger partial charge is 0.0476 e. The molecule has 0 aromatic heterocycles. The lowest BCUT2D eigenvalue weighted by molar-refractivity contribution is 0.566. The minimum Gasteiger partial charge on any atom is -0.0837 e. The molecule has 0 aliphatic rings. The number of aryl methyl sites for hydroxylation is 1. The van der Waals surface area contributed by atoms with Crippen LogP contribution in [0.5, 0.6) is 0 Å². The Balaban J connectivity index is 2.07. The molecule has 38 heavy (non-hydrogen) atoms. The van der Waals surface area contributed by atoms with Crippen molar-refractivity contribution < 1.29 is 0 Å². The SMILES string of the molecule is Cc1cc(Cc2cc(C(C)(C)C)cc(C(C)(C)C)c2)c(Cl)c(Cc2cc(C(C)(C)C)cc(C(C)(C)C)c2)c1. The Labute approximate surface area is 239 Å². The van der Waals surface area contributed by atoms with Gasteiger partial charge in [0, 0.05) is 5.02 Å². The molecule has 0 aliphatic heterocycles. The summed E-state index contributed by atoms with van der Waals surface area (Å²) in [7, 11) is 0. The third-order valence-corrected chi connectivity index (χ3v) is 8.09. The molecular formula is C37H51Cl. The average molecular weight is 531 g/mol. The fraction of sp³-hybridized carbons (Fsp3) is 0.514. The van der Waals surface area contributed by atoms with Gasteiger partial charge in [0.2, 0.25) is 0 Å². The summed E-state index contributed by atoms with van der Waals surface area (Å²) in [5.41, 5.74) is 12.3. The Hall–Kier alpha value is -2.05. The van der Waals surface area contributed by atoms with Gasteiger partial charge in [0.1, 0.15) is 0 Å². The van der Waals surface area contributed by atoms with E-state index in [-0.39, 0.29) is 21.7 Å². The van der Waals surface area contributed by atoms with Crippen molar-refractivity contribution in [3.63, 3.8) is 0 Å². The molecule has 0 nitrogen and oxygen atoms in total. The molecule has 0 aliphatic carbocycles. The molecule has 0 bridgehead atoms. The minimum absolute atomic E-state index is 0.0976. The van der Waals surface area contributed by atoms with E-state index < -0.39 is 0 Å². The molecule has 0 unspecified atom stereocenters. The predicted octanol–water partition coefficient (Wildman–Crippen LogP) is 11.0. The Morgan fingerprint density at radius 2 is 0.711 bits per heavy atom. The highest BCUT2D eigenvalue weighted by atomic mass is 35.5. The zero-order chi connectivity index (χ0) is 28.8. The molecule has 0 fully saturated rings. The van der Waals surface area contributed by atoms with E-state index in [1.54, 1.807) is 0 Å². The lowest BCUT2D eigenvalue weighted by Gasteiger charge is -2.27. The summed E-state index contributed by atoms with van der Waals surface area (Å²) in [5, 5.41) is 0.910. The van der Waals surface area contributed by atoms with E-state index >= 15 is 0 Å². The third kappa shape index (κ3) is 7.53. The van der Waals surface area contributed by atoms with Crippen LogP contribution in [0.1, 0.15) is 133 Å². The van der Waals surface area contributed by atoms with Crippen LogP contribution in [0.25, 0.3) is 0 Å². The van der Waals surface area contributed by atoms with Gasteiger partial charge in [0.05, 0.1) is 0 Å². The molecule has 0 heterocycles. The van der Waals surface area contributed by atoms with Gasteiger partial charge in [-0.15, -0.1) is 0 Å². The van der Waals surface area contributed by atoms with Crippen molar-refractivity contribution in [1.29, 1.82) is 0 Å². The zero-order valence-electron chi connectivity index (χ0n) is 26.4. The van der Waals surface area contributed by atoms with E-state index in [9.17, 15) is 0 Å². The maximum atomic E-state index is 7.20. The summed E-state index contributed by atoms with van der Waals surface area (Å²) < 4.78 is 0. The van der Waals surface area contributed by atoms with E-state index in [0.717, 1.165) is 17.9 Å². The maximum Gasteiger partial charge on any atom is 0.0476 e. The van der Waals surface area contributed by atoms with Gasteiger partial charge in [-0.25, -0.2) is 0 Å². The van der Waals surface area contributed by atoms with Gasteiger partial charge in [0.25, 0.3) is 0 Å². The van der Waals surface area contributed by atoms with E-state index in [1.165, 1.54) is 50.1 Å². The minimum atomic E-state index is 0.0976. The van der Waals surface area contributed by atoms with Gasteiger partial charge in [-0.1, -0.05) is 149 Å². The summed E-state index contributed by atoms with van der Waals surface area (Å²) in [6.07, 6.45) is 1.69. The van der Waals surface area contributed by atoms with Crippen LogP contribution in [0.4, 0.5) is 0 Å². The number of halogens is 1. The lowest BCUT2D eigenvalue weighted by Crippen LogP contribution is -2.17. The van der Waals surface area contributed by atoms with E-state index in [0.29, 0.717) is 0 Å². The third-order valence-electron chi connectivity index (χ3n) is 7.61. The van der Waals surface area contributed by atoms with Crippen LogP contribution in [-0.2, 0) is 34.5 Å². The molecule has 3 aromatic rings. The first-order valence-corrected chi connectivity index (χ1v) is 14.6. The van der Waals surface area contributed by atoms with E-state index in [1.807, 2.05) is 0 Å². The van der Waals surface area contributed by atoms with Crippen LogP contribution in [0.3, 0.4) is 0 Å². The van der Waals surface area contributed by atoms with Crippen LogP contribution in [0.2, 0.25) is 5.02 Å². The summed E-state index contributed by atoms with van der Waals surface area (Å²) >= 11 is 7.20. The van der Waals surface area contributed by atoms with Crippen LogP contribution >= 0.6 is 11.6 Å². The second kappa shape index (κ2) is 10.5. The van der Waals surface area contributed by atoms with Crippen LogP contribution in [0.15, 0.2) is 48.5 Å². The normalized spacial score (nSPS) is 13.2. The highest BCUT2D eigenvalue weighted by Gasteiger charge is 2.23. The second-order valence-corrected chi connectivity index (χ2v) is 16.0. The summed E-state index contributed by atoms with van der Waals surface area (Å²) in [6, 6.07) is 18.9. The van der Waals surface area contributed by atoms with Crippen molar-refractivity contribution in [2.24, 2.45) is 0 Å². The number of hydrogen-bond acceptors (Lipinski definition) is 0. The zero-order valence-corrected chi connectivity index (χ0v) is 27.2. The molecule has 0 radical (unpaired) electrons. The molecule has 0 saturated heterocycles. The van der Waals surface area contributed by atoms with Crippen molar-refractivity contribution in [3.8, 4) is 0 Å². The first-order chi connectivity index (χ1) is 17.1. The van der Waals surface area contributed by atoms with Gasteiger partial charge in [-0.3, -0.25) is 0 Å². The number of rotatable bonds is 4. The van der Waals surface area contributed by atoms with Crippen molar-refractivity contribution in [2.75, 3.05) is 0 Å². The standard InChI is InChI=1S/C37H51Cl/c1-24-14-27(16-25-18-29(34(2,3)4)22-30(19-25)35(5,6)7)33(38)28(15-24)17-26-20-31(36(8,9)10)23-32(21-26)37(11,12)13/h14-15,18-23H,16-17H2,1-13H3. The average Bonchev–Trinajstić information content (AvgIpc) is 2.74. The summed E-state index contributed by atoms with van der Waals surface area (Å²) in [6.45, 7) is 29.8. The van der Waals surface area contributed by atoms with Gasteiger partial charge >= 0.3 is 0 Å². The fourth-order valence-electron chi connectivity index (χ4n) is 4.94. The lowest BCUT2D eigenvalue weighted by atomic mass is 9.78. The van der Waals surface area contributed by atoms with Gasteiger partial charge in [0.15, 0.2) is 0 Å². The summed E-state index contributed by atoms with van der Waals surface area (Å²) in [5.74, 6) is 0. The van der Waals surface area contributed by atoms with E-state index in [4.69, 9.17) is 11.6 Å². The van der Waals surface area contributed by atoms with Crippen molar-refractivity contribution in [3.05, 3.63) is 104 Å². The van der Waals surface area contributed by atoms with Gasteiger partial charge in [-0.05, 0) is 85.9 Å². The Kier molecular flexibility index (Phi) is 8.42. The maximum absolute atomic E-state index is 7.20. The quantitative estimate of drug-likeness (QED) is 0.314. The van der Waals surface area contributed by atoms with Crippen molar-refractivity contribution in [1.82, 2.24) is 0 Å². The fourth-order valence-corrected chi connectivity index (χ4v) is 5.18. The molecule has 0 amide bonds. The molecule has 3 rings (SSSR count). The van der Waals surface area contributed by atoms with Crippen LogP contribution < -0.4 is 0 Å². The molecule has 0 spiro atoms. The summed E-state index contributed by atoms with van der Waals surface area (Å²) in [4.78, 5) is 0. The molecule has 0 N–H and O–H groups in total. The molecule has 206 valence electrons. The molecule has 1 heteroatoms. The predicted molar refractivity (Wildman–Crippen MR) is 169 cm³/mol. The first-order valence-electron chi connectivity index (χ1n) is 14.2. The largest absolute Gasteiger partial charge is 0.0837 e. The van der Waals surface area contributed by atoms with Gasteiger partial charge in [-0.2, -0.15) is 0 Å². The molecule has 3 aromatic carbocycles.